The summed E-state index contributed by atoms with van der Waals surface area (Å²) in [5, 5.41) is 2.75. The summed E-state index contributed by atoms with van der Waals surface area (Å²) in [7, 11) is 1.62. The third-order valence-corrected chi connectivity index (χ3v) is 4.06. The van der Waals surface area contributed by atoms with E-state index in [4.69, 9.17) is 9.47 Å². The van der Waals surface area contributed by atoms with Crippen LogP contribution in [0, 0.1) is 5.92 Å². The number of ether oxygens (including phenoxy) is 2. The van der Waals surface area contributed by atoms with Gasteiger partial charge >= 0.3 is 5.97 Å². The molecule has 0 saturated heterocycles. The fourth-order valence-corrected chi connectivity index (χ4v) is 2.65. The molecule has 2 aromatic rings. The van der Waals surface area contributed by atoms with Crippen molar-refractivity contribution in [1.29, 1.82) is 0 Å². The minimum atomic E-state index is -0.489. The van der Waals surface area contributed by atoms with Crippen molar-refractivity contribution < 1.29 is 19.1 Å². The number of carbonyl (C=O) groups excluding carboxylic acids is 2. The second-order valence-corrected chi connectivity index (χ2v) is 6.82. The largest absolute Gasteiger partial charge is 0.497 e. The second-order valence-electron chi connectivity index (χ2n) is 6.82. The zero-order valence-corrected chi connectivity index (χ0v) is 16.2. The normalized spacial score (nSPS) is 10.5. The van der Waals surface area contributed by atoms with Crippen LogP contribution in [0.5, 0.6) is 5.75 Å². The van der Waals surface area contributed by atoms with Gasteiger partial charge in [-0.25, -0.2) is 4.79 Å². The molecule has 0 fully saturated rings. The summed E-state index contributed by atoms with van der Waals surface area (Å²) < 4.78 is 10.2. The first-order chi connectivity index (χ1) is 13.0. The standard InChI is InChI=1S/C22H27NO4/c1-16(2)14-18-4-8-19(9-5-18)22(25)27-15-21(24)23-13-12-17-6-10-20(26-3)11-7-17/h4-11,16H,12-15H2,1-3H3,(H,23,24). The maximum Gasteiger partial charge on any atom is 0.338 e. The van der Waals surface area contributed by atoms with Crippen LogP contribution in [0.25, 0.3) is 0 Å². The molecule has 5 nitrogen and oxygen atoms in total. The summed E-state index contributed by atoms with van der Waals surface area (Å²) >= 11 is 0. The Morgan fingerprint density at radius 1 is 0.963 bits per heavy atom. The van der Waals surface area contributed by atoms with Gasteiger partial charge in [0.25, 0.3) is 5.91 Å². The molecule has 1 N–H and O–H groups in total. The molecule has 2 aromatic carbocycles. The number of rotatable bonds is 9. The molecule has 0 aliphatic rings. The van der Waals surface area contributed by atoms with Crippen LogP contribution in [-0.4, -0.2) is 32.1 Å². The van der Waals surface area contributed by atoms with Gasteiger partial charge in [0.1, 0.15) is 5.75 Å². The molecule has 0 radical (unpaired) electrons. The van der Waals surface area contributed by atoms with Crippen molar-refractivity contribution in [3.63, 3.8) is 0 Å². The minimum Gasteiger partial charge on any atom is -0.497 e. The number of hydrogen-bond acceptors (Lipinski definition) is 4. The van der Waals surface area contributed by atoms with Crippen LogP contribution in [0.3, 0.4) is 0 Å². The van der Waals surface area contributed by atoms with Crippen molar-refractivity contribution >= 4 is 11.9 Å². The molecule has 0 spiro atoms. The van der Waals surface area contributed by atoms with Gasteiger partial charge in [0, 0.05) is 6.54 Å². The van der Waals surface area contributed by atoms with Crippen molar-refractivity contribution in [2.45, 2.75) is 26.7 Å². The van der Waals surface area contributed by atoms with E-state index in [0.29, 0.717) is 24.4 Å². The first-order valence-corrected chi connectivity index (χ1v) is 9.13. The highest BCUT2D eigenvalue weighted by Gasteiger charge is 2.10. The van der Waals surface area contributed by atoms with Gasteiger partial charge in [-0.15, -0.1) is 0 Å². The molecule has 2 rings (SSSR count). The fourth-order valence-electron chi connectivity index (χ4n) is 2.65. The van der Waals surface area contributed by atoms with Crippen molar-refractivity contribution in [2.24, 2.45) is 5.92 Å². The van der Waals surface area contributed by atoms with E-state index in [1.54, 1.807) is 19.2 Å². The lowest BCUT2D eigenvalue weighted by atomic mass is 10.0. The van der Waals surface area contributed by atoms with Gasteiger partial charge in [-0.1, -0.05) is 38.1 Å². The van der Waals surface area contributed by atoms with Crippen LogP contribution < -0.4 is 10.1 Å². The van der Waals surface area contributed by atoms with Crippen molar-refractivity contribution in [3.8, 4) is 5.75 Å². The van der Waals surface area contributed by atoms with E-state index < -0.39 is 5.97 Å². The first-order valence-electron chi connectivity index (χ1n) is 9.13. The van der Waals surface area contributed by atoms with Gasteiger partial charge in [0.05, 0.1) is 12.7 Å². The summed E-state index contributed by atoms with van der Waals surface area (Å²) in [6, 6.07) is 15.0. The maximum atomic E-state index is 12.0. The highest BCUT2D eigenvalue weighted by atomic mass is 16.5. The molecule has 0 bridgehead atoms. The van der Waals surface area contributed by atoms with Crippen molar-refractivity contribution in [3.05, 3.63) is 65.2 Å². The van der Waals surface area contributed by atoms with Gasteiger partial charge in [-0.3, -0.25) is 4.79 Å². The second kappa shape index (κ2) is 10.4. The molecule has 0 heterocycles. The van der Waals surface area contributed by atoms with Gasteiger partial charge in [-0.2, -0.15) is 0 Å². The molecular weight excluding hydrogens is 342 g/mol. The van der Waals surface area contributed by atoms with Crippen LogP contribution in [0.2, 0.25) is 0 Å². The summed E-state index contributed by atoms with van der Waals surface area (Å²) in [4.78, 5) is 23.9. The molecule has 0 aromatic heterocycles. The van der Waals surface area contributed by atoms with Crippen LogP contribution >= 0.6 is 0 Å². The van der Waals surface area contributed by atoms with Crippen LogP contribution in [0.4, 0.5) is 0 Å². The van der Waals surface area contributed by atoms with E-state index in [1.807, 2.05) is 36.4 Å². The Bertz CT molecular complexity index is 736. The van der Waals surface area contributed by atoms with Gasteiger partial charge in [0.15, 0.2) is 6.61 Å². The molecule has 1 amide bonds. The van der Waals surface area contributed by atoms with E-state index in [0.717, 1.165) is 17.7 Å². The Hall–Kier alpha value is -2.82. The molecule has 0 aliphatic carbocycles. The fraction of sp³-hybridized carbons (Fsp3) is 0.364. The predicted octanol–water partition coefficient (Wildman–Crippen LogP) is 3.41. The van der Waals surface area contributed by atoms with Crippen LogP contribution in [0.1, 0.15) is 35.3 Å². The molecule has 0 unspecified atom stereocenters. The average Bonchev–Trinajstić information content (AvgIpc) is 2.67. The molecule has 5 heteroatoms. The number of methoxy groups -OCH3 is 1. The Morgan fingerprint density at radius 3 is 2.19 bits per heavy atom. The number of benzene rings is 2. The topological polar surface area (TPSA) is 64.6 Å². The van der Waals surface area contributed by atoms with Crippen molar-refractivity contribution in [1.82, 2.24) is 5.32 Å². The molecule has 144 valence electrons. The number of amides is 1. The van der Waals surface area contributed by atoms with Crippen LogP contribution in [0.15, 0.2) is 48.5 Å². The number of esters is 1. The lowest BCUT2D eigenvalue weighted by molar-refractivity contribution is -0.124. The predicted molar refractivity (Wildman–Crippen MR) is 105 cm³/mol. The monoisotopic (exact) mass is 369 g/mol. The molecule has 0 saturated carbocycles. The van der Waals surface area contributed by atoms with Gasteiger partial charge < -0.3 is 14.8 Å². The third-order valence-electron chi connectivity index (χ3n) is 4.06. The lowest BCUT2D eigenvalue weighted by Gasteiger charge is -2.08. The number of nitrogens with one attached hydrogen (secondary N) is 1. The summed E-state index contributed by atoms with van der Waals surface area (Å²) in [6.45, 7) is 4.49. The Morgan fingerprint density at radius 2 is 1.59 bits per heavy atom. The molecule has 0 atom stereocenters. The van der Waals surface area contributed by atoms with E-state index in [9.17, 15) is 9.59 Å². The Balaban J connectivity index is 1.70. The third kappa shape index (κ3) is 7.13. The Labute approximate surface area is 160 Å². The van der Waals surface area contributed by atoms with Gasteiger partial charge in [-0.05, 0) is 54.2 Å². The molecular formula is C22H27NO4. The van der Waals surface area contributed by atoms with E-state index >= 15 is 0 Å². The first kappa shape index (κ1) is 20.5. The molecule has 27 heavy (non-hydrogen) atoms. The average molecular weight is 369 g/mol. The lowest BCUT2D eigenvalue weighted by Crippen LogP contribution is -2.30. The van der Waals surface area contributed by atoms with Crippen LogP contribution in [-0.2, 0) is 22.4 Å². The number of carbonyl (C=O) groups is 2. The summed E-state index contributed by atoms with van der Waals surface area (Å²) in [5.74, 6) is 0.557. The summed E-state index contributed by atoms with van der Waals surface area (Å²) in [5.41, 5.74) is 2.72. The SMILES string of the molecule is COc1ccc(CCNC(=O)COC(=O)c2ccc(CC(C)C)cc2)cc1. The minimum absolute atomic E-state index is 0.283. The summed E-state index contributed by atoms with van der Waals surface area (Å²) in [6.07, 6.45) is 1.66. The Kier molecular flexibility index (Phi) is 7.86. The van der Waals surface area contributed by atoms with Gasteiger partial charge in [0.2, 0.25) is 0 Å². The number of hydrogen-bond donors (Lipinski definition) is 1. The quantitative estimate of drug-likeness (QED) is 0.688. The zero-order chi connectivity index (χ0) is 19.6. The molecule has 0 aliphatic heterocycles. The van der Waals surface area contributed by atoms with E-state index in [2.05, 4.69) is 19.2 Å². The van der Waals surface area contributed by atoms with Crippen molar-refractivity contribution in [2.75, 3.05) is 20.3 Å². The highest BCUT2D eigenvalue weighted by molar-refractivity contribution is 5.91. The maximum absolute atomic E-state index is 12.0. The zero-order valence-electron chi connectivity index (χ0n) is 16.2. The van der Waals surface area contributed by atoms with E-state index in [1.165, 1.54) is 5.56 Å². The smallest absolute Gasteiger partial charge is 0.338 e. The van der Waals surface area contributed by atoms with E-state index in [-0.39, 0.29) is 12.5 Å². The highest BCUT2D eigenvalue weighted by Crippen LogP contribution is 2.12.